The lowest BCUT2D eigenvalue weighted by molar-refractivity contribution is -0.116. The molecule has 1 aromatic heterocycles. The number of amides is 1. The zero-order valence-electron chi connectivity index (χ0n) is 13.8. The Hall–Kier alpha value is -2.69. The second kappa shape index (κ2) is 8.82. The van der Waals surface area contributed by atoms with Gasteiger partial charge in [0.2, 0.25) is 5.91 Å². The van der Waals surface area contributed by atoms with Gasteiger partial charge in [0.1, 0.15) is 5.75 Å². The first-order chi connectivity index (χ1) is 11.5. The summed E-state index contributed by atoms with van der Waals surface area (Å²) in [5.41, 5.74) is 0.588. The van der Waals surface area contributed by atoms with Gasteiger partial charge in [-0.05, 0) is 48.2 Å². The van der Waals surface area contributed by atoms with Crippen molar-refractivity contribution in [3.05, 3.63) is 60.2 Å². The van der Waals surface area contributed by atoms with Gasteiger partial charge in [0.15, 0.2) is 11.6 Å². The molecule has 0 radical (unpaired) electrons. The van der Waals surface area contributed by atoms with Crippen molar-refractivity contribution in [2.45, 2.75) is 20.3 Å². The van der Waals surface area contributed by atoms with Crippen molar-refractivity contribution in [3.8, 4) is 11.5 Å². The van der Waals surface area contributed by atoms with Crippen molar-refractivity contribution >= 4 is 12.0 Å². The summed E-state index contributed by atoms with van der Waals surface area (Å²) in [5, 5.41) is 2.79. The fourth-order valence-electron chi connectivity index (χ4n) is 1.95. The third-order valence-corrected chi connectivity index (χ3v) is 3.27. The van der Waals surface area contributed by atoms with Gasteiger partial charge in [0.05, 0.1) is 6.20 Å². The monoisotopic (exact) mass is 328 g/mol. The number of nitrogens with zero attached hydrogens (tertiary/aromatic N) is 1. The van der Waals surface area contributed by atoms with E-state index in [0.29, 0.717) is 23.8 Å². The number of benzene rings is 1. The van der Waals surface area contributed by atoms with E-state index < -0.39 is 5.82 Å². The number of hydrogen-bond acceptors (Lipinski definition) is 3. The van der Waals surface area contributed by atoms with Crippen molar-refractivity contribution in [1.29, 1.82) is 0 Å². The highest BCUT2D eigenvalue weighted by molar-refractivity contribution is 5.91. The Kier molecular flexibility index (Phi) is 6.49. The minimum Gasteiger partial charge on any atom is -0.453 e. The predicted molar refractivity (Wildman–Crippen MR) is 92.2 cm³/mol. The van der Waals surface area contributed by atoms with Crippen LogP contribution in [0.25, 0.3) is 6.08 Å². The van der Waals surface area contributed by atoms with E-state index in [1.165, 1.54) is 24.4 Å². The first-order valence-electron chi connectivity index (χ1n) is 7.88. The second-order valence-corrected chi connectivity index (χ2v) is 5.79. The molecular formula is C19H21FN2O2. The maximum Gasteiger partial charge on any atom is 0.243 e. The lowest BCUT2D eigenvalue weighted by Crippen LogP contribution is -2.23. The van der Waals surface area contributed by atoms with Crippen LogP contribution < -0.4 is 10.1 Å². The average Bonchev–Trinajstić information content (AvgIpc) is 2.56. The molecule has 0 fully saturated rings. The number of hydrogen-bond donors (Lipinski definition) is 1. The summed E-state index contributed by atoms with van der Waals surface area (Å²) in [4.78, 5) is 15.6. The lowest BCUT2D eigenvalue weighted by atomic mass is 10.1. The molecular weight excluding hydrogens is 307 g/mol. The van der Waals surface area contributed by atoms with Gasteiger partial charge in [0, 0.05) is 18.8 Å². The van der Waals surface area contributed by atoms with Crippen molar-refractivity contribution in [2.24, 2.45) is 5.92 Å². The van der Waals surface area contributed by atoms with Gasteiger partial charge in [-0.3, -0.25) is 9.78 Å². The molecule has 0 unspecified atom stereocenters. The Morgan fingerprint density at radius 3 is 2.88 bits per heavy atom. The van der Waals surface area contributed by atoms with Crippen molar-refractivity contribution in [2.75, 3.05) is 6.54 Å². The third kappa shape index (κ3) is 5.83. The maximum atomic E-state index is 14.1. The highest BCUT2D eigenvalue weighted by atomic mass is 19.1. The summed E-state index contributed by atoms with van der Waals surface area (Å²) < 4.78 is 19.5. The molecule has 2 rings (SSSR count). The van der Waals surface area contributed by atoms with E-state index in [1.54, 1.807) is 30.5 Å². The van der Waals surface area contributed by atoms with E-state index in [4.69, 9.17) is 4.74 Å². The third-order valence-electron chi connectivity index (χ3n) is 3.27. The molecule has 24 heavy (non-hydrogen) atoms. The molecule has 0 spiro atoms. The number of halogens is 1. The van der Waals surface area contributed by atoms with Gasteiger partial charge in [-0.1, -0.05) is 19.9 Å². The van der Waals surface area contributed by atoms with E-state index in [1.807, 2.05) is 0 Å². The van der Waals surface area contributed by atoms with Gasteiger partial charge < -0.3 is 10.1 Å². The molecule has 0 aliphatic rings. The van der Waals surface area contributed by atoms with Crippen LogP contribution in [-0.2, 0) is 4.79 Å². The quantitative estimate of drug-likeness (QED) is 0.775. The zero-order valence-corrected chi connectivity index (χ0v) is 13.8. The van der Waals surface area contributed by atoms with E-state index in [9.17, 15) is 9.18 Å². The van der Waals surface area contributed by atoms with Crippen LogP contribution in [0.5, 0.6) is 11.5 Å². The van der Waals surface area contributed by atoms with Crippen LogP contribution in [0.3, 0.4) is 0 Å². The molecule has 126 valence electrons. The zero-order chi connectivity index (χ0) is 17.4. The summed E-state index contributed by atoms with van der Waals surface area (Å²) in [5.74, 6) is 0.425. The Morgan fingerprint density at radius 1 is 1.38 bits per heavy atom. The van der Waals surface area contributed by atoms with Crippen LogP contribution in [-0.4, -0.2) is 17.4 Å². The van der Waals surface area contributed by atoms with Crippen molar-refractivity contribution < 1.29 is 13.9 Å². The highest BCUT2D eigenvalue weighted by Crippen LogP contribution is 2.24. The van der Waals surface area contributed by atoms with E-state index in [-0.39, 0.29) is 11.7 Å². The van der Waals surface area contributed by atoms with Gasteiger partial charge in [-0.2, -0.15) is 0 Å². The average molecular weight is 328 g/mol. The molecule has 0 saturated heterocycles. The molecule has 0 saturated carbocycles. The number of ether oxygens (including phenoxy) is 1. The maximum absolute atomic E-state index is 14.1. The Labute approximate surface area is 141 Å². The van der Waals surface area contributed by atoms with E-state index in [0.717, 1.165) is 6.42 Å². The Bertz CT molecular complexity index is 700. The Morgan fingerprint density at radius 2 is 2.21 bits per heavy atom. The summed E-state index contributed by atoms with van der Waals surface area (Å²) in [6, 6.07) is 7.94. The molecule has 0 atom stereocenters. The minimum absolute atomic E-state index is 0.113. The number of rotatable bonds is 7. The number of pyridine rings is 1. The molecule has 2 aromatic rings. The topological polar surface area (TPSA) is 51.2 Å². The second-order valence-electron chi connectivity index (χ2n) is 5.79. The molecule has 4 nitrogen and oxygen atoms in total. The van der Waals surface area contributed by atoms with Gasteiger partial charge >= 0.3 is 0 Å². The standard InChI is InChI=1S/C19H21FN2O2/c1-14(2)9-11-22-19(23)8-6-15-5-7-18(17(20)12-15)24-16-4-3-10-21-13-16/h3-8,10,12-14H,9,11H2,1-2H3,(H,22,23)/b8-6+. The number of nitrogens with one attached hydrogen (secondary N) is 1. The summed E-state index contributed by atoms with van der Waals surface area (Å²) in [7, 11) is 0. The van der Waals surface area contributed by atoms with Crippen molar-refractivity contribution in [1.82, 2.24) is 10.3 Å². The molecule has 0 bridgehead atoms. The summed E-state index contributed by atoms with van der Waals surface area (Å²) >= 11 is 0. The first kappa shape index (κ1) is 17.7. The minimum atomic E-state index is -0.499. The van der Waals surface area contributed by atoms with E-state index >= 15 is 0 Å². The SMILES string of the molecule is CC(C)CCNC(=O)/C=C/c1ccc(Oc2cccnc2)c(F)c1. The van der Waals surface area contributed by atoms with E-state index in [2.05, 4.69) is 24.1 Å². The molecule has 1 heterocycles. The molecule has 1 amide bonds. The van der Waals surface area contributed by atoms with Crippen LogP contribution in [0, 0.1) is 11.7 Å². The smallest absolute Gasteiger partial charge is 0.243 e. The van der Waals surface area contributed by atoms with Gasteiger partial charge in [-0.25, -0.2) is 4.39 Å². The number of aromatic nitrogens is 1. The van der Waals surface area contributed by atoms with Crippen LogP contribution in [0.2, 0.25) is 0 Å². The Balaban J connectivity index is 1.94. The van der Waals surface area contributed by atoms with Gasteiger partial charge in [0.25, 0.3) is 0 Å². The fourth-order valence-corrected chi connectivity index (χ4v) is 1.95. The number of carbonyl (C=O) groups excluding carboxylic acids is 1. The van der Waals surface area contributed by atoms with Crippen LogP contribution in [0.15, 0.2) is 48.8 Å². The van der Waals surface area contributed by atoms with Gasteiger partial charge in [-0.15, -0.1) is 0 Å². The summed E-state index contributed by atoms with van der Waals surface area (Å²) in [6.45, 7) is 4.83. The largest absolute Gasteiger partial charge is 0.453 e. The molecule has 1 N–H and O–H groups in total. The molecule has 0 aliphatic heterocycles. The normalized spacial score (nSPS) is 11.0. The highest BCUT2D eigenvalue weighted by Gasteiger charge is 2.05. The lowest BCUT2D eigenvalue weighted by Gasteiger charge is -2.07. The number of carbonyl (C=O) groups is 1. The first-order valence-corrected chi connectivity index (χ1v) is 7.88. The molecule has 5 heteroatoms. The fraction of sp³-hybridized carbons (Fsp3) is 0.263. The van der Waals surface area contributed by atoms with Crippen LogP contribution in [0.4, 0.5) is 4.39 Å². The summed E-state index contributed by atoms with van der Waals surface area (Å²) in [6.07, 6.45) is 7.02. The van der Waals surface area contributed by atoms with Crippen LogP contribution >= 0.6 is 0 Å². The van der Waals surface area contributed by atoms with Crippen LogP contribution in [0.1, 0.15) is 25.8 Å². The molecule has 1 aromatic carbocycles. The van der Waals surface area contributed by atoms with Crippen molar-refractivity contribution in [3.63, 3.8) is 0 Å². The molecule has 0 aliphatic carbocycles. The predicted octanol–water partition coefficient (Wildman–Crippen LogP) is 4.19.